The molecule has 0 saturated carbocycles. The van der Waals surface area contributed by atoms with Crippen molar-refractivity contribution in [2.75, 3.05) is 6.54 Å². The molecule has 0 radical (unpaired) electrons. The van der Waals surface area contributed by atoms with Gasteiger partial charge in [0.1, 0.15) is 9.71 Å². The van der Waals surface area contributed by atoms with Crippen molar-refractivity contribution in [2.24, 2.45) is 5.92 Å². The quantitative estimate of drug-likeness (QED) is 0.915. The van der Waals surface area contributed by atoms with Gasteiger partial charge in [-0.05, 0) is 47.3 Å². The molecule has 0 aliphatic carbocycles. The SMILES string of the molecule is Cc1cc(C)c2c(Br)c(C(=O)NCC(C)C)sc2n1. The smallest absolute Gasteiger partial charge is 0.262 e. The Labute approximate surface area is 125 Å². The molecule has 3 nitrogen and oxygen atoms in total. The van der Waals surface area contributed by atoms with Crippen LogP contribution in [0.2, 0.25) is 0 Å². The lowest BCUT2D eigenvalue weighted by atomic mass is 10.2. The fourth-order valence-electron chi connectivity index (χ4n) is 1.92. The summed E-state index contributed by atoms with van der Waals surface area (Å²) in [4.78, 5) is 18.3. The first-order chi connectivity index (χ1) is 8.90. The Hall–Kier alpha value is -0.940. The Balaban J connectivity index is 2.42. The molecule has 19 heavy (non-hydrogen) atoms. The van der Waals surface area contributed by atoms with Gasteiger partial charge in [0.25, 0.3) is 5.91 Å². The van der Waals surface area contributed by atoms with Crippen LogP contribution in [-0.2, 0) is 0 Å². The molecule has 0 aromatic carbocycles. The molecule has 0 unspecified atom stereocenters. The van der Waals surface area contributed by atoms with E-state index in [1.165, 1.54) is 11.3 Å². The number of hydrogen-bond acceptors (Lipinski definition) is 3. The minimum absolute atomic E-state index is 0.0272. The summed E-state index contributed by atoms with van der Waals surface area (Å²) in [5.41, 5.74) is 2.13. The summed E-state index contributed by atoms with van der Waals surface area (Å²) in [5, 5.41) is 3.99. The van der Waals surface area contributed by atoms with Crippen LogP contribution in [0.4, 0.5) is 0 Å². The minimum atomic E-state index is -0.0272. The van der Waals surface area contributed by atoms with Gasteiger partial charge in [0.2, 0.25) is 0 Å². The number of amides is 1. The molecule has 2 rings (SSSR count). The highest BCUT2D eigenvalue weighted by molar-refractivity contribution is 9.10. The highest BCUT2D eigenvalue weighted by atomic mass is 79.9. The Morgan fingerprint density at radius 2 is 2.16 bits per heavy atom. The third-order valence-corrected chi connectivity index (χ3v) is 4.94. The number of aryl methyl sites for hydroxylation is 2. The molecule has 0 aliphatic rings. The zero-order valence-electron chi connectivity index (χ0n) is 11.5. The van der Waals surface area contributed by atoms with Crippen molar-refractivity contribution < 1.29 is 4.79 Å². The highest BCUT2D eigenvalue weighted by Crippen LogP contribution is 2.36. The van der Waals surface area contributed by atoms with Crippen molar-refractivity contribution in [3.63, 3.8) is 0 Å². The molecule has 2 aromatic heterocycles. The fraction of sp³-hybridized carbons (Fsp3) is 0.429. The number of hydrogen-bond donors (Lipinski definition) is 1. The second kappa shape index (κ2) is 5.59. The van der Waals surface area contributed by atoms with Crippen molar-refractivity contribution in [1.82, 2.24) is 10.3 Å². The molecular weight excluding hydrogens is 324 g/mol. The van der Waals surface area contributed by atoms with Crippen LogP contribution in [0.5, 0.6) is 0 Å². The van der Waals surface area contributed by atoms with Crippen molar-refractivity contribution in [3.8, 4) is 0 Å². The van der Waals surface area contributed by atoms with E-state index in [-0.39, 0.29) is 5.91 Å². The molecular formula is C14H17BrN2OS. The largest absolute Gasteiger partial charge is 0.351 e. The van der Waals surface area contributed by atoms with E-state index in [1.54, 1.807) is 0 Å². The van der Waals surface area contributed by atoms with E-state index in [2.05, 4.69) is 40.1 Å². The Morgan fingerprint density at radius 3 is 2.79 bits per heavy atom. The van der Waals surface area contributed by atoms with Crippen molar-refractivity contribution in [1.29, 1.82) is 0 Å². The van der Waals surface area contributed by atoms with Crippen LogP contribution in [-0.4, -0.2) is 17.4 Å². The number of carbonyl (C=O) groups is 1. The number of fused-ring (bicyclic) bond motifs is 1. The van der Waals surface area contributed by atoms with Gasteiger partial charge in [0.15, 0.2) is 0 Å². The predicted molar refractivity (Wildman–Crippen MR) is 84.0 cm³/mol. The number of halogens is 1. The molecule has 2 heterocycles. The topological polar surface area (TPSA) is 42.0 Å². The second-order valence-electron chi connectivity index (χ2n) is 5.11. The van der Waals surface area contributed by atoms with Gasteiger partial charge in [-0.2, -0.15) is 0 Å². The van der Waals surface area contributed by atoms with Crippen LogP contribution in [0, 0.1) is 19.8 Å². The Kier molecular flexibility index (Phi) is 4.26. The number of nitrogens with zero attached hydrogens (tertiary/aromatic N) is 1. The van der Waals surface area contributed by atoms with Crippen molar-refractivity contribution in [3.05, 3.63) is 26.7 Å². The lowest BCUT2D eigenvalue weighted by molar-refractivity contribution is 0.0952. The maximum Gasteiger partial charge on any atom is 0.262 e. The van der Waals surface area contributed by atoms with E-state index in [9.17, 15) is 4.79 Å². The molecule has 0 spiro atoms. The van der Waals surface area contributed by atoms with Gasteiger partial charge in [-0.15, -0.1) is 11.3 Å². The molecule has 0 saturated heterocycles. The number of aromatic nitrogens is 1. The third kappa shape index (κ3) is 2.98. The number of nitrogens with one attached hydrogen (secondary N) is 1. The second-order valence-corrected chi connectivity index (χ2v) is 6.90. The summed E-state index contributed by atoms with van der Waals surface area (Å²) in [7, 11) is 0. The summed E-state index contributed by atoms with van der Waals surface area (Å²) in [6, 6.07) is 2.04. The molecule has 2 aromatic rings. The summed E-state index contributed by atoms with van der Waals surface area (Å²) in [6.45, 7) is 8.86. The normalized spacial score (nSPS) is 11.3. The van der Waals surface area contributed by atoms with Crippen LogP contribution in [0.1, 0.15) is 34.8 Å². The van der Waals surface area contributed by atoms with E-state index in [1.807, 2.05) is 19.9 Å². The van der Waals surface area contributed by atoms with Gasteiger partial charge >= 0.3 is 0 Å². The number of thiophene rings is 1. The molecule has 1 amide bonds. The van der Waals surface area contributed by atoms with Gasteiger partial charge in [0.05, 0.1) is 4.47 Å². The number of rotatable bonds is 3. The summed E-state index contributed by atoms with van der Waals surface area (Å²) in [6.07, 6.45) is 0. The first-order valence-electron chi connectivity index (χ1n) is 6.24. The van der Waals surface area contributed by atoms with E-state index < -0.39 is 0 Å². The van der Waals surface area contributed by atoms with Gasteiger partial charge in [0, 0.05) is 17.6 Å². The lowest BCUT2D eigenvalue weighted by Crippen LogP contribution is -2.26. The molecule has 0 atom stereocenters. The summed E-state index contributed by atoms with van der Waals surface area (Å²) >= 11 is 4.99. The average molecular weight is 341 g/mol. The zero-order chi connectivity index (χ0) is 14.2. The fourth-order valence-corrected chi connectivity index (χ4v) is 4.08. The first kappa shape index (κ1) is 14.5. The average Bonchev–Trinajstić information content (AvgIpc) is 2.63. The maximum atomic E-state index is 12.2. The van der Waals surface area contributed by atoms with Crippen LogP contribution < -0.4 is 5.32 Å². The molecule has 0 aliphatic heterocycles. The van der Waals surface area contributed by atoms with E-state index in [0.29, 0.717) is 17.3 Å². The molecule has 102 valence electrons. The van der Waals surface area contributed by atoms with E-state index >= 15 is 0 Å². The van der Waals surface area contributed by atoms with E-state index in [0.717, 1.165) is 25.9 Å². The van der Waals surface area contributed by atoms with Crippen LogP contribution >= 0.6 is 27.3 Å². The van der Waals surface area contributed by atoms with Crippen molar-refractivity contribution in [2.45, 2.75) is 27.7 Å². The Bertz CT molecular complexity index is 634. The minimum Gasteiger partial charge on any atom is -0.351 e. The zero-order valence-corrected chi connectivity index (χ0v) is 13.9. The molecule has 1 N–H and O–H groups in total. The highest BCUT2D eigenvalue weighted by Gasteiger charge is 2.19. The summed E-state index contributed by atoms with van der Waals surface area (Å²) < 4.78 is 0.860. The van der Waals surface area contributed by atoms with Crippen LogP contribution in [0.3, 0.4) is 0 Å². The molecule has 5 heteroatoms. The van der Waals surface area contributed by atoms with Crippen LogP contribution in [0.15, 0.2) is 10.5 Å². The number of pyridine rings is 1. The van der Waals surface area contributed by atoms with Gasteiger partial charge in [-0.25, -0.2) is 4.98 Å². The van der Waals surface area contributed by atoms with Crippen LogP contribution in [0.25, 0.3) is 10.2 Å². The standard InChI is InChI=1S/C14H17BrN2OS/c1-7(2)6-16-13(18)12-11(15)10-8(3)5-9(4)17-14(10)19-12/h5,7H,6H2,1-4H3,(H,16,18). The predicted octanol–water partition coefficient (Wildman–Crippen LogP) is 4.06. The van der Waals surface area contributed by atoms with Gasteiger partial charge in [-0.3, -0.25) is 4.79 Å². The Morgan fingerprint density at radius 1 is 1.47 bits per heavy atom. The maximum absolute atomic E-state index is 12.2. The monoisotopic (exact) mass is 340 g/mol. The first-order valence-corrected chi connectivity index (χ1v) is 7.85. The molecule has 0 bridgehead atoms. The lowest BCUT2D eigenvalue weighted by Gasteiger charge is -2.06. The van der Waals surface area contributed by atoms with E-state index in [4.69, 9.17) is 0 Å². The van der Waals surface area contributed by atoms with Gasteiger partial charge in [-0.1, -0.05) is 13.8 Å². The number of carbonyl (C=O) groups excluding carboxylic acids is 1. The molecule has 0 fully saturated rings. The third-order valence-electron chi connectivity index (χ3n) is 2.81. The van der Waals surface area contributed by atoms with Crippen molar-refractivity contribution >= 4 is 43.4 Å². The summed E-state index contributed by atoms with van der Waals surface area (Å²) in [5.74, 6) is 0.417. The van der Waals surface area contributed by atoms with Gasteiger partial charge < -0.3 is 5.32 Å².